The maximum Gasteiger partial charge on any atom is 0.189 e. The Labute approximate surface area is 126 Å². The van der Waals surface area contributed by atoms with Crippen LogP contribution in [0.5, 0.6) is 0 Å². The number of halogens is 2. The van der Waals surface area contributed by atoms with Gasteiger partial charge in [-0.05, 0) is 30.5 Å². The van der Waals surface area contributed by atoms with Gasteiger partial charge in [0.25, 0.3) is 0 Å². The molecule has 4 nitrogen and oxygen atoms in total. The molecule has 1 aromatic rings. The Hall–Kier alpha value is -0.780. The molecule has 6 heteroatoms. The van der Waals surface area contributed by atoms with E-state index in [2.05, 4.69) is 26.2 Å². The molecule has 1 aliphatic heterocycles. The van der Waals surface area contributed by atoms with Crippen LogP contribution in [0.3, 0.4) is 0 Å². The summed E-state index contributed by atoms with van der Waals surface area (Å²) in [5.41, 5.74) is 6.76. The second-order valence-corrected chi connectivity index (χ2v) is 5.78. The SMILES string of the molecule is NC(=NCc1ccc(Br)cc1Cl)NCC1CCCO1. The highest BCUT2D eigenvalue weighted by molar-refractivity contribution is 9.10. The first-order valence-corrected chi connectivity index (χ1v) is 7.41. The number of hydrogen-bond acceptors (Lipinski definition) is 2. The molecule has 0 amide bonds. The van der Waals surface area contributed by atoms with Crippen LogP contribution in [0, 0.1) is 0 Å². The Morgan fingerprint density at radius 3 is 3.11 bits per heavy atom. The van der Waals surface area contributed by atoms with Crippen LogP contribution in [0.4, 0.5) is 0 Å². The summed E-state index contributed by atoms with van der Waals surface area (Å²) in [4.78, 5) is 4.27. The number of benzene rings is 1. The highest BCUT2D eigenvalue weighted by atomic mass is 79.9. The molecular formula is C13H17BrClN3O. The number of guanidine groups is 1. The molecule has 104 valence electrons. The fourth-order valence-corrected chi connectivity index (χ4v) is 2.63. The number of rotatable bonds is 4. The minimum absolute atomic E-state index is 0.255. The van der Waals surface area contributed by atoms with Crippen molar-refractivity contribution < 1.29 is 4.74 Å². The van der Waals surface area contributed by atoms with Crippen molar-refractivity contribution in [3.63, 3.8) is 0 Å². The number of nitrogens with one attached hydrogen (secondary N) is 1. The average molecular weight is 347 g/mol. The first-order valence-electron chi connectivity index (χ1n) is 6.24. The van der Waals surface area contributed by atoms with Gasteiger partial charge in [0, 0.05) is 22.6 Å². The monoisotopic (exact) mass is 345 g/mol. The molecule has 0 saturated carbocycles. The van der Waals surface area contributed by atoms with Crippen LogP contribution in [0.2, 0.25) is 5.02 Å². The van der Waals surface area contributed by atoms with E-state index in [4.69, 9.17) is 22.1 Å². The summed E-state index contributed by atoms with van der Waals surface area (Å²) >= 11 is 9.48. The number of nitrogens with zero attached hydrogens (tertiary/aromatic N) is 1. The Balaban J connectivity index is 1.83. The smallest absolute Gasteiger partial charge is 0.189 e. The molecule has 1 saturated heterocycles. The van der Waals surface area contributed by atoms with Gasteiger partial charge in [0.2, 0.25) is 0 Å². The molecule has 0 aliphatic carbocycles. The highest BCUT2D eigenvalue weighted by Crippen LogP contribution is 2.21. The van der Waals surface area contributed by atoms with Crippen LogP contribution in [-0.4, -0.2) is 25.2 Å². The predicted octanol–water partition coefficient (Wildman–Crippen LogP) is 2.69. The standard InChI is InChI=1S/C13H17BrClN3O/c14-10-4-3-9(12(15)6-10)7-17-13(16)18-8-11-2-1-5-19-11/h3-4,6,11H,1-2,5,7-8H2,(H3,16,17,18). The Morgan fingerprint density at radius 2 is 2.42 bits per heavy atom. The molecule has 1 atom stereocenters. The first-order chi connectivity index (χ1) is 9.15. The molecule has 1 aromatic carbocycles. The van der Waals surface area contributed by atoms with E-state index in [1.165, 1.54) is 0 Å². The van der Waals surface area contributed by atoms with E-state index in [-0.39, 0.29) is 6.10 Å². The molecule has 3 N–H and O–H groups in total. The van der Waals surface area contributed by atoms with E-state index < -0.39 is 0 Å². The lowest BCUT2D eigenvalue weighted by Crippen LogP contribution is -2.37. The summed E-state index contributed by atoms with van der Waals surface area (Å²) in [6.07, 6.45) is 2.46. The molecule has 0 bridgehead atoms. The van der Waals surface area contributed by atoms with Crippen molar-refractivity contribution in [2.75, 3.05) is 13.2 Å². The second kappa shape index (κ2) is 7.12. The van der Waals surface area contributed by atoms with Gasteiger partial charge >= 0.3 is 0 Å². The van der Waals surface area contributed by atoms with Gasteiger partial charge in [0.15, 0.2) is 5.96 Å². The molecule has 0 aromatic heterocycles. The fraction of sp³-hybridized carbons (Fsp3) is 0.462. The van der Waals surface area contributed by atoms with Gasteiger partial charge in [-0.3, -0.25) is 0 Å². The van der Waals surface area contributed by atoms with Crippen molar-refractivity contribution in [2.24, 2.45) is 10.7 Å². The van der Waals surface area contributed by atoms with Crippen molar-refractivity contribution in [1.29, 1.82) is 0 Å². The van der Waals surface area contributed by atoms with E-state index in [9.17, 15) is 0 Å². The number of ether oxygens (including phenoxy) is 1. The average Bonchev–Trinajstić information content (AvgIpc) is 2.88. The van der Waals surface area contributed by atoms with Gasteiger partial charge in [-0.2, -0.15) is 0 Å². The molecule has 2 rings (SSSR count). The van der Waals surface area contributed by atoms with Crippen LogP contribution in [0.15, 0.2) is 27.7 Å². The van der Waals surface area contributed by atoms with Crippen molar-refractivity contribution in [3.8, 4) is 0 Å². The lowest BCUT2D eigenvalue weighted by atomic mass is 10.2. The lowest BCUT2D eigenvalue weighted by Gasteiger charge is -2.11. The molecule has 1 unspecified atom stereocenters. The lowest BCUT2D eigenvalue weighted by molar-refractivity contribution is 0.114. The molecule has 1 fully saturated rings. The highest BCUT2D eigenvalue weighted by Gasteiger charge is 2.14. The minimum Gasteiger partial charge on any atom is -0.376 e. The number of nitrogens with two attached hydrogens (primary N) is 1. The molecule has 0 radical (unpaired) electrons. The quantitative estimate of drug-likeness (QED) is 0.651. The van der Waals surface area contributed by atoms with Crippen molar-refractivity contribution in [2.45, 2.75) is 25.5 Å². The summed E-state index contributed by atoms with van der Waals surface area (Å²) in [5, 5.41) is 3.76. The van der Waals surface area contributed by atoms with Crippen molar-refractivity contribution >= 4 is 33.5 Å². The maximum atomic E-state index is 6.11. The third kappa shape index (κ3) is 4.67. The maximum absolute atomic E-state index is 6.11. The Bertz CT molecular complexity index is 461. The van der Waals surface area contributed by atoms with E-state index in [0.717, 1.165) is 29.5 Å². The number of hydrogen-bond donors (Lipinski definition) is 2. The predicted molar refractivity (Wildman–Crippen MR) is 81.5 cm³/mol. The van der Waals surface area contributed by atoms with E-state index >= 15 is 0 Å². The zero-order chi connectivity index (χ0) is 13.7. The number of aliphatic imine (C=N–C) groups is 1. The zero-order valence-electron chi connectivity index (χ0n) is 10.5. The summed E-state index contributed by atoms with van der Waals surface area (Å²) in [5.74, 6) is 0.425. The Morgan fingerprint density at radius 1 is 1.58 bits per heavy atom. The third-order valence-electron chi connectivity index (χ3n) is 2.97. The van der Waals surface area contributed by atoms with Gasteiger partial charge < -0.3 is 15.8 Å². The van der Waals surface area contributed by atoms with Crippen molar-refractivity contribution in [3.05, 3.63) is 33.3 Å². The van der Waals surface area contributed by atoms with Gasteiger partial charge in [-0.15, -0.1) is 0 Å². The summed E-state index contributed by atoms with van der Waals surface area (Å²) in [6.45, 7) is 2.03. The van der Waals surface area contributed by atoms with Gasteiger partial charge in [-0.25, -0.2) is 4.99 Å². The largest absolute Gasteiger partial charge is 0.376 e. The third-order valence-corrected chi connectivity index (χ3v) is 3.81. The topological polar surface area (TPSA) is 59.6 Å². The van der Waals surface area contributed by atoms with Crippen LogP contribution in [-0.2, 0) is 11.3 Å². The van der Waals surface area contributed by atoms with Crippen LogP contribution < -0.4 is 11.1 Å². The second-order valence-electron chi connectivity index (χ2n) is 4.45. The van der Waals surface area contributed by atoms with E-state index in [1.807, 2.05) is 18.2 Å². The zero-order valence-corrected chi connectivity index (χ0v) is 12.9. The van der Waals surface area contributed by atoms with E-state index in [0.29, 0.717) is 24.1 Å². The first kappa shape index (κ1) is 14.6. The van der Waals surface area contributed by atoms with E-state index in [1.54, 1.807) is 0 Å². The van der Waals surface area contributed by atoms with Crippen LogP contribution in [0.25, 0.3) is 0 Å². The van der Waals surface area contributed by atoms with Crippen LogP contribution >= 0.6 is 27.5 Å². The summed E-state index contributed by atoms with van der Waals surface area (Å²) in [7, 11) is 0. The normalized spacial score (nSPS) is 19.7. The summed E-state index contributed by atoms with van der Waals surface area (Å²) < 4.78 is 6.45. The van der Waals surface area contributed by atoms with Gasteiger partial charge in [0.05, 0.1) is 12.6 Å². The van der Waals surface area contributed by atoms with Crippen LogP contribution in [0.1, 0.15) is 18.4 Å². The summed E-state index contributed by atoms with van der Waals surface area (Å²) in [6, 6.07) is 5.72. The molecule has 1 aliphatic rings. The van der Waals surface area contributed by atoms with Gasteiger partial charge in [0.1, 0.15) is 0 Å². The van der Waals surface area contributed by atoms with Gasteiger partial charge in [-0.1, -0.05) is 33.6 Å². The molecule has 19 heavy (non-hydrogen) atoms. The molecular weight excluding hydrogens is 330 g/mol. The van der Waals surface area contributed by atoms with Crippen molar-refractivity contribution in [1.82, 2.24) is 5.32 Å². The minimum atomic E-state index is 0.255. The fourth-order valence-electron chi connectivity index (χ4n) is 1.90. The molecule has 1 heterocycles. The Kier molecular flexibility index (Phi) is 5.48. The molecule has 0 spiro atoms.